The third-order valence-electron chi connectivity index (χ3n) is 4.12. The van der Waals surface area contributed by atoms with Gasteiger partial charge in [-0.05, 0) is 73.6 Å². The molecule has 3 aromatic rings. The molecule has 2 aromatic carbocycles. The predicted molar refractivity (Wildman–Crippen MR) is 123 cm³/mol. The van der Waals surface area contributed by atoms with Gasteiger partial charge in [0.05, 0.1) is 10.0 Å². The molecule has 0 fully saturated rings. The molecule has 148 valence electrons. The molecule has 29 heavy (non-hydrogen) atoms. The summed E-state index contributed by atoms with van der Waals surface area (Å²) < 4.78 is 5.73. The van der Waals surface area contributed by atoms with Gasteiger partial charge in [0.15, 0.2) is 5.11 Å². The van der Waals surface area contributed by atoms with E-state index in [0.717, 1.165) is 16.8 Å². The highest BCUT2D eigenvalue weighted by atomic mass is 35.5. The molecule has 0 radical (unpaired) electrons. The molecule has 1 amide bonds. The molecule has 0 aliphatic heterocycles. The number of hydrogen-bond acceptors (Lipinski definition) is 3. The minimum Gasteiger partial charge on any atom is -0.457 e. The number of carbonyl (C=O) groups excluding carboxylic acids is 1. The smallest absolute Gasteiger partial charge is 0.250 e. The van der Waals surface area contributed by atoms with Crippen LogP contribution < -0.4 is 10.6 Å². The van der Waals surface area contributed by atoms with Crippen molar-refractivity contribution < 1.29 is 9.21 Å². The van der Waals surface area contributed by atoms with Crippen LogP contribution in [0.5, 0.6) is 0 Å². The number of aryl methyl sites for hydroxylation is 2. The number of furan rings is 1. The Bertz CT molecular complexity index is 1110. The summed E-state index contributed by atoms with van der Waals surface area (Å²) in [6, 6.07) is 14.8. The van der Waals surface area contributed by atoms with Crippen LogP contribution in [0.15, 0.2) is 59.0 Å². The van der Waals surface area contributed by atoms with Gasteiger partial charge < -0.3 is 9.73 Å². The zero-order chi connectivity index (χ0) is 21.0. The van der Waals surface area contributed by atoms with Crippen LogP contribution in [0.3, 0.4) is 0 Å². The fourth-order valence-corrected chi connectivity index (χ4v) is 3.22. The van der Waals surface area contributed by atoms with Gasteiger partial charge in [-0.15, -0.1) is 0 Å². The lowest BCUT2D eigenvalue weighted by molar-refractivity contribution is -0.115. The van der Waals surface area contributed by atoms with Crippen LogP contribution in [0.2, 0.25) is 10.0 Å². The first-order chi connectivity index (χ1) is 13.8. The fourth-order valence-electron chi connectivity index (χ4n) is 2.62. The van der Waals surface area contributed by atoms with Gasteiger partial charge in [-0.1, -0.05) is 41.4 Å². The molecule has 1 aromatic heterocycles. The van der Waals surface area contributed by atoms with Gasteiger partial charge in [-0.25, -0.2) is 0 Å². The monoisotopic (exact) mass is 444 g/mol. The number of benzene rings is 2. The van der Waals surface area contributed by atoms with E-state index in [2.05, 4.69) is 10.6 Å². The second-order valence-corrected chi connectivity index (χ2v) is 7.59. The van der Waals surface area contributed by atoms with E-state index in [1.54, 1.807) is 30.3 Å². The highest BCUT2D eigenvalue weighted by Crippen LogP contribution is 2.34. The Morgan fingerprint density at radius 1 is 1.10 bits per heavy atom. The lowest BCUT2D eigenvalue weighted by Gasteiger charge is -2.11. The number of amides is 1. The first-order valence-corrected chi connectivity index (χ1v) is 9.91. The molecule has 0 spiro atoms. The molecule has 0 saturated carbocycles. The number of rotatable bonds is 4. The average molecular weight is 445 g/mol. The molecule has 2 N–H and O–H groups in total. The lowest BCUT2D eigenvalue weighted by Crippen LogP contribution is -2.33. The van der Waals surface area contributed by atoms with Crippen LogP contribution in [0.4, 0.5) is 5.69 Å². The topological polar surface area (TPSA) is 54.3 Å². The molecule has 0 unspecified atom stereocenters. The summed E-state index contributed by atoms with van der Waals surface area (Å²) in [5, 5.41) is 6.73. The van der Waals surface area contributed by atoms with Crippen molar-refractivity contribution >= 4 is 58.2 Å². The quantitative estimate of drug-likeness (QED) is 0.361. The van der Waals surface area contributed by atoms with E-state index in [-0.39, 0.29) is 11.0 Å². The second kappa shape index (κ2) is 9.27. The first kappa shape index (κ1) is 21.1. The molecular formula is C22H18Cl2N2O2S. The minimum absolute atomic E-state index is 0.221. The van der Waals surface area contributed by atoms with Crippen molar-refractivity contribution in [2.24, 2.45) is 0 Å². The Balaban J connectivity index is 1.62. The Morgan fingerprint density at radius 2 is 1.90 bits per heavy atom. The number of thiocarbonyl (C=S) groups is 1. The van der Waals surface area contributed by atoms with Crippen LogP contribution >= 0.6 is 35.4 Å². The number of hydrogen-bond donors (Lipinski definition) is 2. The van der Waals surface area contributed by atoms with Crippen LogP contribution in [0.25, 0.3) is 17.4 Å². The van der Waals surface area contributed by atoms with E-state index in [9.17, 15) is 4.79 Å². The SMILES string of the molecule is Cc1ccc(C)c(NC(=S)NC(=O)C=Cc2ccc(-c3cccc(Cl)c3Cl)o2)c1. The Hall–Kier alpha value is -2.60. The van der Waals surface area contributed by atoms with E-state index in [0.29, 0.717) is 27.1 Å². The number of halogens is 2. The Kier molecular flexibility index (Phi) is 6.75. The zero-order valence-electron chi connectivity index (χ0n) is 15.8. The summed E-state index contributed by atoms with van der Waals surface area (Å²) in [7, 11) is 0. The standard InChI is InChI=1S/C22H18Cl2N2O2S/c1-13-6-7-14(2)18(12-13)25-22(29)26-20(27)11-9-15-8-10-19(28-15)16-4-3-5-17(23)21(16)24/h3-12H,1-2H3,(H2,25,26,27,29). The third kappa shape index (κ3) is 5.48. The van der Waals surface area contributed by atoms with Gasteiger partial charge in [-0.2, -0.15) is 0 Å². The Labute approximate surface area is 184 Å². The molecule has 0 atom stereocenters. The van der Waals surface area contributed by atoms with Crippen molar-refractivity contribution in [2.45, 2.75) is 13.8 Å². The van der Waals surface area contributed by atoms with Crippen LogP contribution in [-0.2, 0) is 4.79 Å². The van der Waals surface area contributed by atoms with Gasteiger partial charge in [0.25, 0.3) is 0 Å². The molecular weight excluding hydrogens is 427 g/mol. The van der Waals surface area contributed by atoms with Gasteiger partial charge >= 0.3 is 0 Å². The van der Waals surface area contributed by atoms with E-state index >= 15 is 0 Å². The van der Waals surface area contributed by atoms with Crippen LogP contribution in [0, 0.1) is 13.8 Å². The van der Waals surface area contributed by atoms with Crippen molar-refractivity contribution in [1.29, 1.82) is 0 Å². The minimum atomic E-state index is -0.369. The number of nitrogens with one attached hydrogen (secondary N) is 2. The molecule has 0 saturated heterocycles. The molecule has 7 heteroatoms. The summed E-state index contributed by atoms with van der Waals surface area (Å²) in [5.74, 6) is 0.691. The molecule has 3 rings (SSSR count). The maximum Gasteiger partial charge on any atom is 0.250 e. The van der Waals surface area contributed by atoms with Crippen LogP contribution in [-0.4, -0.2) is 11.0 Å². The van der Waals surface area contributed by atoms with Gasteiger partial charge in [0.1, 0.15) is 11.5 Å². The average Bonchev–Trinajstić information content (AvgIpc) is 3.14. The Morgan fingerprint density at radius 3 is 2.69 bits per heavy atom. The largest absolute Gasteiger partial charge is 0.457 e. The number of anilines is 1. The lowest BCUT2D eigenvalue weighted by atomic mass is 10.1. The molecule has 0 aliphatic rings. The van der Waals surface area contributed by atoms with E-state index in [4.69, 9.17) is 39.8 Å². The maximum atomic E-state index is 12.1. The van der Waals surface area contributed by atoms with Crippen LogP contribution in [0.1, 0.15) is 16.9 Å². The summed E-state index contributed by atoms with van der Waals surface area (Å²) >= 11 is 17.5. The fraction of sp³-hybridized carbons (Fsp3) is 0.0909. The maximum absolute atomic E-state index is 12.1. The van der Waals surface area contributed by atoms with Crippen molar-refractivity contribution in [3.8, 4) is 11.3 Å². The van der Waals surface area contributed by atoms with Gasteiger partial charge in [0.2, 0.25) is 5.91 Å². The zero-order valence-corrected chi connectivity index (χ0v) is 18.1. The van der Waals surface area contributed by atoms with Gasteiger partial charge in [0, 0.05) is 17.3 Å². The molecule has 0 bridgehead atoms. The second-order valence-electron chi connectivity index (χ2n) is 6.40. The molecule has 1 heterocycles. The normalized spacial score (nSPS) is 10.9. The van der Waals surface area contributed by atoms with Crippen molar-refractivity contribution in [1.82, 2.24) is 5.32 Å². The summed E-state index contributed by atoms with van der Waals surface area (Å²) in [6.45, 7) is 3.95. The van der Waals surface area contributed by atoms with Crippen molar-refractivity contribution in [3.05, 3.63) is 81.5 Å². The first-order valence-electron chi connectivity index (χ1n) is 8.75. The highest BCUT2D eigenvalue weighted by Gasteiger charge is 2.10. The summed E-state index contributed by atoms with van der Waals surface area (Å²) in [6.07, 6.45) is 2.90. The molecule has 4 nitrogen and oxygen atoms in total. The van der Waals surface area contributed by atoms with E-state index in [1.807, 2.05) is 38.1 Å². The number of carbonyl (C=O) groups is 1. The van der Waals surface area contributed by atoms with Gasteiger partial charge in [-0.3, -0.25) is 10.1 Å². The van der Waals surface area contributed by atoms with Crippen molar-refractivity contribution in [3.63, 3.8) is 0 Å². The summed E-state index contributed by atoms with van der Waals surface area (Å²) in [4.78, 5) is 12.1. The molecule has 0 aliphatic carbocycles. The highest BCUT2D eigenvalue weighted by molar-refractivity contribution is 7.80. The predicted octanol–water partition coefficient (Wildman–Crippen LogP) is 6.40. The summed E-state index contributed by atoms with van der Waals surface area (Å²) in [5.41, 5.74) is 3.67. The van der Waals surface area contributed by atoms with E-state index in [1.165, 1.54) is 6.08 Å². The van der Waals surface area contributed by atoms with Crippen molar-refractivity contribution in [2.75, 3.05) is 5.32 Å². The van der Waals surface area contributed by atoms with E-state index < -0.39 is 0 Å². The third-order valence-corrected chi connectivity index (χ3v) is 5.14.